The fraction of sp³-hybridized carbons (Fsp3) is 0.333. The van der Waals surface area contributed by atoms with E-state index in [0.29, 0.717) is 11.3 Å². The van der Waals surface area contributed by atoms with E-state index in [0.717, 1.165) is 76.1 Å². The van der Waals surface area contributed by atoms with E-state index in [1.807, 2.05) is 24.3 Å². The van der Waals surface area contributed by atoms with E-state index >= 15 is 0 Å². The van der Waals surface area contributed by atoms with Crippen molar-refractivity contribution in [2.24, 2.45) is 0 Å². The zero-order chi connectivity index (χ0) is 28.3. The topological polar surface area (TPSA) is 80.8 Å². The number of thiazole rings is 1. The van der Waals surface area contributed by atoms with E-state index in [1.165, 1.54) is 17.8 Å². The molecule has 40 heavy (non-hydrogen) atoms. The Morgan fingerprint density at radius 3 is 2.65 bits per heavy atom. The van der Waals surface area contributed by atoms with Gasteiger partial charge in [-0.1, -0.05) is 51.5 Å². The number of carbonyl (C=O) groups excluding carboxylic acids is 1. The van der Waals surface area contributed by atoms with Gasteiger partial charge in [-0.25, -0.2) is 14.8 Å². The zero-order valence-electron chi connectivity index (χ0n) is 23.4. The summed E-state index contributed by atoms with van der Waals surface area (Å²) in [6.07, 6.45) is 23.7. The lowest BCUT2D eigenvalue weighted by atomic mass is 10.0. The fourth-order valence-corrected chi connectivity index (χ4v) is 5.31. The highest BCUT2D eigenvalue weighted by atomic mass is 32.1. The van der Waals surface area contributed by atoms with Crippen LogP contribution < -0.4 is 0 Å². The van der Waals surface area contributed by atoms with Crippen LogP contribution in [0.3, 0.4) is 0 Å². The first-order valence-corrected chi connectivity index (χ1v) is 14.8. The molecule has 5 rings (SSSR count). The number of hydrogen-bond acceptors (Lipinski definition) is 6. The molecule has 0 aliphatic heterocycles. The summed E-state index contributed by atoms with van der Waals surface area (Å²) in [4.78, 5) is 30.0. The molecule has 0 unspecified atom stereocenters. The molecule has 0 atom stereocenters. The van der Waals surface area contributed by atoms with Crippen LogP contribution in [-0.2, 0) is 4.74 Å². The largest absolute Gasteiger partial charge is 0.458 e. The molecule has 0 bridgehead atoms. The van der Waals surface area contributed by atoms with Gasteiger partial charge in [-0.3, -0.25) is 4.98 Å². The van der Waals surface area contributed by atoms with E-state index in [4.69, 9.17) is 11.2 Å². The lowest BCUT2D eigenvalue weighted by molar-refractivity contribution is 0.0323. The number of nitrogens with one attached hydrogen (secondary N) is 1. The Hall–Kier alpha value is -4.02. The molecule has 1 aliphatic carbocycles. The van der Waals surface area contributed by atoms with Gasteiger partial charge in [0.2, 0.25) is 0 Å². The Morgan fingerprint density at radius 2 is 1.90 bits per heavy atom. The second-order valence-electron chi connectivity index (χ2n) is 9.72. The zero-order valence-corrected chi connectivity index (χ0v) is 24.3. The van der Waals surface area contributed by atoms with Crippen molar-refractivity contribution in [3.8, 4) is 34.2 Å². The van der Waals surface area contributed by atoms with Gasteiger partial charge in [-0.2, -0.15) is 0 Å². The van der Waals surface area contributed by atoms with Gasteiger partial charge in [0.25, 0.3) is 0 Å². The van der Waals surface area contributed by atoms with Crippen LogP contribution in [0.25, 0.3) is 38.3 Å². The molecule has 4 aromatic rings. The second-order valence-corrected chi connectivity index (χ2v) is 10.7. The predicted octanol–water partition coefficient (Wildman–Crippen LogP) is 8.64. The van der Waals surface area contributed by atoms with Gasteiger partial charge in [0.1, 0.15) is 16.0 Å². The highest BCUT2D eigenvalue weighted by Crippen LogP contribution is 2.32. The summed E-state index contributed by atoms with van der Waals surface area (Å²) >= 11 is 1.33. The summed E-state index contributed by atoms with van der Waals surface area (Å²) < 4.78 is 5.64. The van der Waals surface area contributed by atoms with Gasteiger partial charge >= 0.3 is 5.97 Å². The summed E-state index contributed by atoms with van der Waals surface area (Å²) in [5.74, 6) is 2.45. The van der Waals surface area contributed by atoms with E-state index in [1.54, 1.807) is 18.7 Å². The Bertz CT molecular complexity index is 1530. The first kappa shape index (κ1) is 29.0. The lowest BCUT2D eigenvalue weighted by Crippen LogP contribution is -2.13. The molecule has 1 aliphatic rings. The van der Waals surface area contributed by atoms with Crippen molar-refractivity contribution in [1.82, 2.24) is 19.9 Å². The molecular weight excluding hydrogens is 516 g/mol. The summed E-state index contributed by atoms with van der Waals surface area (Å²) in [6.45, 7) is 6.34. The van der Waals surface area contributed by atoms with Crippen LogP contribution in [0.15, 0.2) is 61.2 Å². The summed E-state index contributed by atoms with van der Waals surface area (Å²) in [7, 11) is 0. The van der Waals surface area contributed by atoms with Crippen LogP contribution in [0, 0.1) is 12.3 Å². The van der Waals surface area contributed by atoms with Crippen molar-refractivity contribution in [3.63, 3.8) is 0 Å². The second kappa shape index (κ2) is 14.4. The number of terminal acetylenes is 1. The van der Waals surface area contributed by atoms with E-state index in [9.17, 15) is 4.79 Å². The molecule has 6 nitrogen and oxygen atoms in total. The standard InChI is InChI=1S/C30H28N4O2S.C3H8/c1-3-5-6-10-20(9-4-2)27-28(34-19-33-27)21-13-14-25-22(15-21)16-23(17-31-25)29-32-18-26(37-29)30(35)36-24-11-7-8-12-24;1-3-2/h2,5-6,10,13-19,24H,3,7-9,11-12H2,1H3,(H,33,34);3H2,1-2H3/b6-5-,20-10+;. The van der Waals surface area contributed by atoms with Crippen LogP contribution in [0.5, 0.6) is 0 Å². The van der Waals surface area contributed by atoms with Crippen LogP contribution >= 0.6 is 11.3 Å². The highest BCUT2D eigenvalue weighted by Gasteiger charge is 2.22. The number of benzene rings is 1. The van der Waals surface area contributed by atoms with Crippen molar-refractivity contribution in [1.29, 1.82) is 0 Å². The highest BCUT2D eigenvalue weighted by molar-refractivity contribution is 7.16. The first-order chi connectivity index (χ1) is 19.6. The maximum Gasteiger partial charge on any atom is 0.350 e. The molecule has 0 amide bonds. The molecule has 0 radical (unpaired) electrons. The normalized spacial score (nSPS) is 13.8. The SMILES string of the molecule is C#CC/C(=C\C=C/CC)c1nc[nH]c1-c1ccc2ncc(-c3ncc(C(=O)OC4CCCC4)s3)cc2c1.CCC. The quantitative estimate of drug-likeness (QED) is 0.134. The average Bonchev–Trinajstić information content (AvgIpc) is 3.75. The number of hydrogen-bond donors (Lipinski definition) is 1. The van der Waals surface area contributed by atoms with Gasteiger partial charge in [-0.15, -0.1) is 23.7 Å². The lowest BCUT2D eigenvalue weighted by Gasteiger charge is -2.09. The van der Waals surface area contributed by atoms with Gasteiger partial charge < -0.3 is 9.72 Å². The number of H-pyrrole nitrogens is 1. The average molecular weight is 553 g/mol. The molecule has 206 valence electrons. The fourth-order valence-electron chi connectivity index (χ4n) is 4.53. The van der Waals surface area contributed by atoms with Gasteiger partial charge in [0.05, 0.1) is 29.4 Å². The number of allylic oxidation sites excluding steroid dienone is 4. The van der Waals surface area contributed by atoms with Crippen molar-refractivity contribution < 1.29 is 9.53 Å². The first-order valence-electron chi connectivity index (χ1n) is 14.0. The number of imidazole rings is 1. The van der Waals surface area contributed by atoms with E-state index in [2.05, 4.69) is 64.8 Å². The van der Waals surface area contributed by atoms with Crippen molar-refractivity contribution in [2.75, 3.05) is 0 Å². The summed E-state index contributed by atoms with van der Waals surface area (Å²) in [5, 5.41) is 1.71. The third kappa shape index (κ3) is 7.13. The minimum Gasteiger partial charge on any atom is -0.458 e. The molecule has 1 N–H and O–H groups in total. The van der Waals surface area contributed by atoms with Crippen molar-refractivity contribution >= 4 is 33.8 Å². The van der Waals surface area contributed by atoms with Crippen molar-refractivity contribution in [3.05, 3.63) is 71.8 Å². The molecule has 1 aromatic carbocycles. The molecule has 3 heterocycles. The van der Waals surface area contributed by atoms with E-state index < -0.39 is 0 Å². The summed E-state index contributed by atoms with van der Waals surface area (Å²) in [5.41, 5.74) is 5.45. The third-order valence-corrected chi connectivity index (χ3v) is 7.43. The van der Waals surface area contributed by atoms with Gasteiger partial charge in [-0.05, 0) is 55.9 Å². The molecule has 3 aromatic heterocycles. The Balaban J connectivity index is 0.00000118. The molecular formula is C33H36N4O2S. The number of esters is 1. The molecule has 1 fully saturated rings. The number of fused-ring (bicyclic) bond motifs is 1. The number of ether oxygens (including phenoxy) is 1. The molecule has 0 saturated heterocycles. The summed E-state index contributed by atoms with van der Waals surface area (Å²) in [6, 6.07) is 8.16. The molecule has 7 heteroatoms. The molecule has 1 saturated carbocycles. The third-order valence-electron chi connectivity index (χ3n) is 6.40. The number of aromatic amines is 1. The maximum atomic E-state index is 12.6. The van der Waals surface area contributed by atoms with Crippen LogP contribution in [0.1, 0.15) is 81.1 Å². The number of rotatable bonds is 8. The van der Waals surface area contributed by atoms with Crippen LogP contribution in [0.4, 0.5) is 0 Å². The van der Waals surface area contributed by atoms with E-state index in [-0.39, 0.29) is 12.1 Å². The van der Waals surface area contributed by atoms with Crippen molar-refractivity contribution in [2.45, 2.75) is 71.8 Å². The minimum absolute atomic E-state index is 0.0323. The molecule has 0 spiro atoms. The smallest absolute Gasteiger partial charge is 0.350 e. The Labute approximate surface area is 240 Å². The minimum atomic E-state index is -0.289. The van der Waals surface area contributed by atoms with Gasteiger partial charge in [0.15, 0.2) is 0 Å². The Morgan fingerprint density at radius 1 is 1.12 bits per heavy atom. The number of pyridine rings is 1. The number of nitrogens with zero attached hydrogens (tertiary/aromatic N) is 3. The van der Waals surface area contributed by atoms with Crippen LogP contribution in [-0.4, -0.2) is 32.0 Å². The van der Waals surface area contributed by atoms with Gasteiger partial charge in [0, 0.05) is 29.1 Å². The Kier molecular flexibility index (Phi) is 10.4. The number of carbonyl (C=O) groups is 1. The maximum absolute atomic E-state index is 12.6. The van der Waals surface area contributed by atoms with Crippen LogP contribution in [0.2, 0.25) is 0 Å². The monoisotopic (exact) mass is 552 g/mol. The predicted molar refractivity (Wildman–Crippen MR) is 165 cm³/mol. The number of aromatic nitrogens is 4.